The van der Waals surface area contributed by atoms with E-state index in [0.29, 0.717) is 18.1 Å². The fourth-order valence-electron chi connectivity index (χ4n) is 2.89. The molecule has 2 unspecified atom stereocenters. The highest BCUT2D eigenvalue weighted by molar-refractivity contribution is 7.99. The van der Waals surface area contributed by atoms with Gasteiger partial charge < -0.3 is 5.73 Å². The van der Waals surface area contributed by atoms with Gasteiger partial charge in [0.1, 0.15) is 0 Å². The zero-order valence-electron chi connectivity index (χ0n) is 10.4. The van der Waals surface area contributed by atoms with Crippen LogP contribution in [0, 0.1) is 0 Å². The molecule has 2 saturated heterocycles. The van der Waals surface area contributed by atoms with Gasteiger partial charge in [0.05, 0.1) is 11.5 Å². The zero-order chi connectivity index (χ0) is 12.5. The van der Waals surface area contributed by atoms with Crippen molar-refractivity contribution in [3.63, 3.8) is 0 Å². The average Bonchev–Trinajstić information content (AvgIpc) is 2.69. The number of hydrogen-bond donors (Lipinski definition) is 1. The first kappa shape index (κ1) is 13.6. The fraction of sp³-hybridized carbons (Fsp3) is 1.00. The van der Waals surface area contributed by atoms with E-state index in [1.165, 1.54) is 12.2 Å². The molecule has 0 saturated carbocycles. The second kappa shape index (κ2) is 5.07. The number of thioether (sulfide) groups is 1. The highest BCUT2D eigenvalue weighted by Crippen LogP contribution is 2.33. The predicted molar refractivity (Wildman–Crippen MR) is 73.2 cm³/mol. The Hall–Kier alpha value is 0.220. The number of sulfone groups is 1. The van der Waals surface area contributed by atoms with Crippen LogP contribution in [0.2, 0.25) is 0 Å². The number of likely N-dealkylation sites (N-methyl/N-ethyl adjacent to an activating group) is 1. The van der Waals surface area contributed by atoms with Gasteiger partial charge in [-0.15, -0.1) is 0 Å². The standard InChI is InChI=1S/C11H22N2O2S2/c1-13(10-3-6-17(14,15)7-10)11(8-12)4-2-5-16-9-11/h10H,2-9,12H2,1H3. The normalized spacial score (nSPS) is 37.5. The summed E-state index contributed by atoms with van der Waals surface area (Å²) in [6.45, 7) is 0.632. The van der Waals surface area contributed by atoms with Gasteiger partial charge in [-0.05, 0) is 32.1 Å². The Labute approximate surface area is 108 Å². The van der Waals surface area contributed by atoms with Crippen molar-refractivity contribution in [1.29, 1.82) is 0 Å². The molecule has 0 aromatic heterocycles. The number of nitrogens with zero attached hydrogens (tertiary/aromatic N) is 1. The Morgan fingerprint density at radius 3 is 2.76 bits per heavy atom. The van der Waals surface area contributed by atoms with Gasteiger partial charge in [-0.1, -0.05) is 0 Å². The SMILES string of the molecule is CN(C1CCS(=O)(=O)C1)C1(CN)CCCSC1. The van der Waals surface area contributed by atoms with Crippen molar-refractivity contribution in [1.82, 2.24) is 4.90 Å². The maximum atomic E-state index is 11.6. The molecule has 2 atom stereocenters. The molecule has 2 aliphatic heterocycles. The molecule has 2 aliphatic rings. The molecule has 2 N–H and O–H groups in total. The third-order valence-corrected chi connectivity index (χ3v) is 7.26. The molecule has 0 amide bonds. The highest BCUT2D eigenvalue weighted by atomic mass is 32.2. The van der Waals surface area contributed by atoms with Crippen LogP contribution in [0.5, 0.6) is 0 Å². The van der Waals surface area contributed by atoms with Crippen LogP contribution in [-0.4, -0.2) is 61.5 Å². The monoisotopic (exact) mass is 278 g/mol. The Morgan fingerprint density at radius 2 is 2.29 bits per heavy atom. The van der Waals surface area contributed by atoms with Gasteiger partial charge in [0, 0.05) is 23.9 Å². The zero-order valence-corrected chi connectivity index (χ0v) is 12.0. The molecule has 0 aromatic carbocycles. The van der Waals surface area contributed by atoms with Crippen molar-refractivity contribution in [2.75, 3.05) is 36.6 Å². The minimum Gasteiger partial charge on any atom is -0.329 e. The van der Waals surface area contributed by atoms with Crippen molar-refractivity contribution in [3.8, 4) is 0 Å². The molecule has 0 aliphatic carbocycles. The fourth-order valence-corrected chi connectivity index (χ4v) is 6.00. The molecule has 100 valence electrons. The Balaban J connectivity index is 2.09. The van der Waals surface area contributed by atoms with E-state index in [1.54, 1.807) is 0 Å². The van der Waals surface area contributed by atoms with Crippen LogP contribution < -0.4 is 5.73 Å². The summed E-state index contributed by atoms with van der Waals surface area (Å²) in [5.41, 5.74) is 5.99. The van der Waals surface area contributed by atoms with Gasteiger partial charge in [-0.2, -0.15) is 11.8 Å². The topological polar surface area (TPSA) is 63.4 Å². The second-order valence-electron chi connectivity index (χ2n) is 5.25. The highest BCUT2D eigenvalue weighted by Gasteiger charge is 2.42. The summed E-state index contributed by atoms with van der Waals surface area (Å²) in [7, 11) is -0.744. The van der Waals surface area contributed by atoms with Crippen LogP contribution in [0.4, 0.5) is 0 Å². The van der Waals surface area contributed by atoms with E-state index in [0.717, 1.165) is 18.6 Å². The third kappa shape index (κ3) is 2.80. The van der Waals surface area contributed by atoms with Crippen LogP contribution in [0.25, 0.3) is 0 Å². The van der Waals surface area contributed by atoms with Crippen molar-refractivity contribution in [2.45, 2.75) is 30.8 Å². The van der Waals surface area contributed by atoms with E-state index >= 15 is 0 Å². The first-order valence-electron chi connectivity index (χ1n) is 6.20. The summed E-state index contributed by atoms with van der Waals surface area (Å²) in [6.07, 6.45) is 3.06. The minimum absolute atomic E-state index is 0.0213. The molecular weight excluding hydrogens is 256 g/mol. The predicted octanol–water partition coefficient (Wildman–Crippen LogP) is 0.330. The quantitative estimate of drug-likeness (QED) is 0.806. The summed E-state index contributed by atoms with van der Waals surface area (Å²) in [5, 5.41) is 0. The van der Waals surface area contributed by atoms with E-state index in [-0.39, 0.29) is 11.6 Å². The lowest BCUT2D eigenvalue weighted by Gasteiger charge is -2.46. The van der Waals surface area contributed by atoms with Gasteiger partial charge in [-0.25, -0.2) is 8.42 Å². The number of rotatable bonds is 3. The minimum atomic E-state index is -2.80. The molecule has 0 bridgehead atoms. The smallest absolute Gasteiger partial charge is 0.151 e. The lowest BCUT2D eigenvalue weighted by molar-refractivity contribution is 0.0960. The Kier molecular flexibility index (Phi) is 4.07. The molecule has 0 aromatic rings. The summed E-state index contributed by atoms with van der Waals surface area (Å²) in [6, 6.07) is 0.169. The summed E-state index contributed by atoms with van der Waals surface area (Å²) >= 11 is 1.94. The molecule has 0 spiro atoms. The van der Waals surface area contributed by atoms with E-state index in [1.807, 2.05) is 11.8 Å². The van der Waals surface area contributed by atoms with Crippen molar-refractivity contribution in [3.05, 3.63) is 0 Å². The Morgan fingerprint density at radius 1 is 1.53 bits per heavy atom. The third-order valence-electron chi connectivity index (χ3n) is 4.19. The molecular formula is C11H22N2O2S2. The molecule has 4 nitrogen and oxygen atoms in total. The largest absolute Gasteiger partial charge is 0.329 e. The second-order valence-corrected chi connectivity index (χ2v) is 8.59. The van der Waals surface area contributed by atoms with Crippen molar-refractivity contribution >= 4 is 21.6 Å². The Bertz CT molecular complexity index is 364. The van der Waals surface area contributed by atoms with E-state index in [9.17, 15) is 8.42 Å². The first-order valence-corrected chi connectivity index (χ1v) is 9.18. The molecule has 2 rings (SSSR count). The van der Waals surface area contributed by atoms with Crippen LogP contribution in [0.1, 0.15) is 19.3 Å². The van der Waals surface area contributed by atoms with Gasteiger partial charge in [-0.3, -0.25) is 4.90 Å². The van der Waals surface area contributed by atoms with Crippen LogP contribution in [0.15, 0.2) is 0 Å². The van der Waals surface area contributed by atoms with Gasteiger partial charge in [0.15, 0.2) is 9.84 Å². The summed E-state index contributed by atoms with van der Waals surface area (Å²) < 4.78 is 23.1. The summed E-state index contributed by atoms with van der Waals surface area (Å²) in [5.74, 6) is 2.90. The van der Waals surface area contributed by atoms with Gasteiger partial charge >= 0.3 is 0 Å². The lowest BCUT2D eigenvalue weighted by Crippen LogP contribution is -2.59. The molecule has 0 radical (unpaired) electrons. The number of hydrogen-bond acceptors (Lipinski definition) is 5. The van der Waals surface area contributed by atoms with Crippen LogP contribution in [-0.2, 0) is 9.84 Å². The maximum absolute atomic E-state index is 11.6. The average molecular weight is 278 g/mol. The van der Waals surface area contributed by atoms with Gasteiger partial charge in [0.2, 0.25) is 0 Å². The van der Waals surface area contributed by atoms with E-state index < -0.39 is 9.84 Å². The van der Waals surface area contributed by atoms with Gasteiger partial charge in [0.25, 0.3) is 0 Å². The lowest BCUT2D eigenvalue weighted by atomic mass is 9.92. The molecule has 6 heteroatoms. The maximum Gasteiger partial charge on any atom is 0.151 e. The molecule has 2 fully saturated rings. The number of nitrogens with two attached hydrogens (primary N) is 1. The molecule has 17 heavy (non-hydrogen) atoms. The van der Waals surface area contributed by atoms with Crippen molar-refractivity contribution in [2.24, 2.45) is 5.73 Å². The van der Waals surface area contributed by atoms with E-state index in [2.05, 4.69) is 11.9 Å². The van der Waals surface area contributed by atoms with Crippen LogP contribution in [0.3, 0.4) is 0 Å². The van der Waals surface area contributed by atoms with Crippen molar-refractivity contribution < 1.29 is 8.42 Å². The van der Waals surface area contributed by atoms with E-state index in [4.69, 9.17) is 5.73 Å². The first-order chi connectivity index (χ1) is 7.99. The summed E-state index contributed by atoms with van der Waals surface area (Å²) in [4.78, 5) is 2.27. The molecule has 2 heterocycles. The van der Waals surface area contributed by atoms with Crippen LogP contribution >= 0.6 is 11.8 Å².